The Kier molecular flexibility index (Phi) is 4.39. The van der Waals surface area contributed by atoms with Crippen LogP contribution >= 0.6 is 0 Å². The van der Waals surface area contributed by atoms with Gasteiger partial charge < -0.3 is 9.84 Å². The van der Waals surface area contributed by atoms with E-state index in [0.29, 0.717) is 22.2 Å². The molecule has 0 spiro atoms. The Morgan fingerprint density at radius 3 is 2.44 bits per heavy atom. The highest BCUT2D eigenvalue weighted by atomic mass is 19.2. The van der Waals surface area contributed by atoms with Crippen molar-refractivity contribution in [2.75, 3.05) is 0 Å². The fraction of sp³-hybridized carbons (Fsp3) is 0.211. The summed E-state index contributed by atoms with van der Waals surface area (Å²) in [5, 5.41) is 9.83. The average Bonchev–Trinajstić information content (AvgIpc) is 2.57. The molecule has 2 aromatic carbocycles. The zero-order chi connectivity index (χ0) is 18.3. The molecule has 0 unspecified atom stereocenters. The molecule has 3 aromatic rings. The van der Waals surface area contributed by atoms with Crippen LogP contribution in [0.4, 0.5) is 13.2 Å². The summed E-state index contributed by atoms with van der Waals surface area (Å²) in [7, 11) is 0. The fourth-order valence-corrected chi connectivity index (χ4v) is 2.65. The van der Waals surface area contributed by atoms with Crippen LogP contribution in [0.25, 0.3) is 10.9 Å². The van der Waals surface area contributed by atoms with Crippen molar-refractivity contribution in [3.8, 4) is 11.5 Å². The first kappa shape index (κ1) is 17.2. The van der Waals surface area contributed by atoms with E-state index in [9.17, 15) is 18.3 Å². The predicted octanol–water partition coefficient (Wildman–Crippen LogP) is 4.86. The van der Waals surface area contributed by atoms with Gasteiger partial charge in [-0.3, -0.25) is 0 Å². The highest BCUT2D eigenvalue weighted by Crippen LogP contribution is 2.35. The van der Waals surface area contributed by atoms with E-state index in [0.717, 1.165) is 6.07 Å². The third kappa shape index (κ3) is 2.93. The van der Waals surface area contributed by atoms with Crippen molar-refractivity contribution in [2.45, 2.75) is 27.4 Å². The van der Waals surface area contributed by atoms with Gasteiger partial charge >= 0.3 is 0 Å². The molecule has 0 aliphatic rings. The molecule has 25 heavy (non-hydrogen) atoms. The molecule has 1 N–H and O–H groups in total. The van der Waals surface area contributed by atoms with E-state index in [2.05, 4.69) is 4.98 Å². The summed E-state index contributed by atoms with van der Waals surface area (Å²) >= 11 is 0. The molecular weight excluding hydrogens is 331 g/mol. The number of rotatable bonds is 3. The molecule has 130 valence electrons. The first-order chi connectivity index (χ1) is 11.8. The number of aryl methyl sites for hydroxylation is 2. The van der Waals surface area contributed by atoms with Crippen LogP contribution in [0.1, 0.15) is 22.4 Å². The number of hydrogen-bond acceptors (Lipinski definition) is 3. The van der Waals surface area contributed by atoms with Gasteiger partial charge in [-0.05, 0) is 56.2 Å². The summed E-state index contributed by atoms with van der Waals surface area (Å²) in [4.78, 5) is 4.07. The Morgan fingerprint density at radius 2 is 1.76 bits per heavy atom. The van der Waals surface area contributed by atoms with Gasteiger partial charge in [-0.1, -0.05) is 0 Å². The minimum Gasteiger partial charge on any atom is -0.455 e. The fourth-order valence-electron chi connectivity index (χ4n) is 2.65. The Balaban J connectivity index is 2.16. The Bertz CT molecular complexity index is 987. The first-order valence-electron chi connectivity index (χ1n) is 7.66. The zero-order valence-corrected chi connectivity index (χ0v) is 14.0. The number of hydrogen-bond donors (Lipinski definition) is 1. The van der Waals surface area contributed by atoms with Gasteiger partial charge in [-0.15, -0.1) is 0 Å². The minimum absolute atomic E-state index is 0.0351. The molecule has 1 heterocycles. The van der Waals surface area contributed by atoms with Crippen LogP contribution in [0, 0.1) is 38.2 Å². The Hall–Kier alpha value is -2.60. The molecule has 3 rings (SSSR count). The molecular formula is C19H16F3NO2. The lowest BCUT2D eigenvalue weighted by Gasteiger charge is -2.17. The predicted molar refractivity (Wildman–Crippen MR) is 88.3 cm³/mol. The van der Waals surface area contributed by atoms with Crippen LogP contribution in [0.2, 0.25) is 0 Å². The molecule has 0 atom stereocenters. The second-order valence-electron chi connectivity index (χ2n) is 5.87. The van der Waals surface area contributed by atoms with E-state index < -0.39 is 24.1 Å². The Labute approximate surface area is 142 Å². The molecule has 0 aliphatic carbocycles. The topological polar surface area (TPSA) is 42.4 Å². The van der Waals surface area contributed by atoms with E-state index in [1.165, 1.54) is 18.2 Å². The molecule has 0 saturated carbocycles. The summed E-state index contributed by atoms with van der Waals surface area (Å²) in [6, 6.07) is 5.25. The van der Waals surface area contributed by atoms with Gasteiger partial charge in [0.05, 0.1) is 17.9 Å². The summed E-state index contributed by atoms with van der Waals surface area (Å²) in [5.74, 6) is -2.10. The first-order valence-corrected chi connectivity index (χ1v) is 7.66. The zero-order valence-electron chi connectivity index (χ0n) is 14.0. The summed E-state index contributed by atoms with van der Waals surface area (Å²) in [5.41, 5.74) is 1.61. The van der Waals surface area contributed by atoms with Crippen molar-refractivity contribution in [1.82, 2.24) is 4.98 Å². The van der Waals surface area contributed by atoms with Crippen LogP contribution in [0.3, 0.4) is 0 Å². The standard InChI is InChI=1S/C19H16F3NO2/c1-9-6-15(21)13(8-24)19(10(9)2)25-16-7-12-4-5-14(20)17(22)18(12)23-11(16)3/h4-7,24H,8H2,1-3H3. The van der Waals surface area contributed by atoms with Gasteiger partial charge in [0, 0.05) is 5.39 Å². The van der Waals surface area contributed by atoms with Crippen LogP contribution < -0.4 is 4.74 Å². The second kappa shape index (κ2) is 6.37. The van der Waals surface area contributed by atoms with Crippen LogP contribution in [0.5, 0.6) is 11.5 Å². The third-order valence-electron chi connectivity index (χ3n) is 4.23. The van der Waals surface area contributed by atoms with Crippen LogP contribution in [-0.4, -0.2) is 10.1 Å². The number of benzene rings is 2. The van der Waals surface area contributed by atoms with Gasteiger partial charge in [0.15, 0.2) is 11.6 Å². The van der Waals surface area contributed by atoms with E-state index in [4.69, 9.17) is 4.74 Å². The van der Waals surface area contributed by atoms with Crippen molar-refractivity contribution in [3.05, 3.63) is 64.1 Å². The molecule has 1 aromatic heterocycles. The minimum atomic E-state index is -1.03. The lowest BCUT2D eigenvalue weighted by molar-refractivity contribution is 0.269. The maximum atomic E-state index is 14.1. The number of ether oxygens (including phenoxy) is 1. The van der Waals surface area contributed by atoms with Crippen molar-refractivity contribution in [3.63, 3.8) is 0 Å². The largest absolute Gasteiger partial charge is 0.455 e. The molecule has 0 fully saturated rings. The quantitative estimate of drug-likeness (QED) is 0.736. The molecule has 0 saturated heterocycles. The molecule has 6 heteroatoms. The summed E-state index contributed by atoms with van der Waals surface area (Å²) < 4.78 is 47.1. The smallest absolute Gasteiger partial charge is 0.184 e. The SMILES string of the molecule is Cc1cc(F)c(CO)c(Oc2cc3ccc(F)c(F)c3nc2C)c1C. The maximum absolute atomic E-state index is 14.1. The maximum Gasteiger partial charge on any atom is 0.184 e. The van der Waals surface area contributed by atoms with Crippen LogP contribution in [0.15, 0.2) is 24.3 Å². The van der Waals surface area contributed by atoms with Crippen molar-refractivity contribution in [1.29, 1.82) is 0 Å². The van der Waals surface area contributed by atoms with E-state index in [1.807, 2.05) is 0 Å². The lowest BCUT2D eigenvalue weighted by Crippen LogP contribution is -2.02. The van der Waals surface area contributed by atoms with Gasteiger partial charge in [0.2, 0.25) is 0 Å². The lowest BCUT2D eigenvalue weighted by atomic mass is 10.0. The van der Waals surface area contributed by atoms with E-state index in [-0.39, 0.29) is 22.6 Å². The van der Waals surface area contributed by atoms with E-state index >= 15 is 0 Å². The Morgan fingerprint density at radius 1 is 1.04 bits per heavy atom. The highest BCUT2D eigenvalue weighted by Gasteiger charge is 2.18. The number of aromatic nitrogens is 1. The molecule has 0 bridgehead atoms. The summed E-state index contributed by atoms with van der Waals surface area (Å²) in [6.07, 6.45) is 0. The normalized spacial score (nSPS) is 11.2. The second-order valence-corrected chi connectivity index (χ2v) is 5.87. The number of aliphatic hydroxyl groups is 1. The number of halogens is 3. The molecule has 0 amide bonds. The molecule has 0 aliphatic heterocycles. The monoisotopic (exact) mass is 347 g/mol. The average molecular weight is 347 g/mol. The van der Waals surface area contributed by atoms with Gasteiger partial charge in [0.25, 0.3) is 0 Å². The van der Waals surface area contributed by atoms with Crippen molar-refractivity contribution in [2.24, 2.45) is 0 Å². The highest BCUT2D eigenvalue weighted by molar-refractivity contribution is 5.81. The number of pyridine rings is 1. The van der Waals surface area contributed by atoms with Gasteiger partial charge in [-0.25, -0.2) is 18.2 Å². The van der Waals surface area contributed by atoms with Gasteiger partial charge in [0.1, 0.15) is 22.8 Å². The molecule has 3 nitrogen and oxygen atoms in total. The van der Waals surface area contributed by atoms with Crippen molar-refractivity contribution < 1.29 is 23.0 Å². The summed E-state index contributed by atoms with van der Waals surface area (Å²) in [6.45, 7) is 4.54. The third-order valence-corrected chi connectivity index (χ3v) is 4.23. The van der Waals surface area contributed by atoms with E-state index in [1.54, 1.807) is 20.8 Å². The molecule has 0 radical (unpaired) electrons. The van der Waals surface area contributed by atoms with Crippen LogP contribution in [-0.2, 0) is 6.61 Å². The van der Waals surface area contributed by atoms with Gasteiger partial charge in [-0.2, -0.15) is 0 Å². The number of nitrogens with zero attached hydrogens (tertiary/aromatic N) is 1. The number of fused-ring (bicyclic) bond motifs is 1. The van der Waals surface area contributed by atoms with Crippen molar-refractivity contribution >= 4 is 10.9 Å². The number of aliphatic hydroxyl groups excluding tert-OH is 1.